The lowest BCUT2D eigenvalue weighted by molar-refractivity contribution is 0.241. The van der Waals surface area contributed by atoms with Gasteiger partial charge in [0.05, 0.1) is 18.3 Å². The van der Waals surface area contributed by atoms with Crippen molar-refractivity contribution in [1.29, 1.82) is 0 Å². The summed E-state index contributed by atoms with van der Waals surface area (Å²) in [5.74, 6) is 2.56. The van der Waals surface area contributed by atoms with Crippen molar-refractivity contribution in [3.63, 3.8) is 0 Å². The smallest absolute Gasteiger partial charge is 0.219 e. The lowest BCUT2D eigenvalue weighted by Crippen LogP contribution is -2.05. The maximum Gasteiger partial charge on any atom is 0.219 e. The Kier molecular flexibility index (Phi) is 5.00. The zero-order valence-corrected chi connectivity index (χ0v) is 14.5. The van der Waals surface area contributed by atoms with Crippen LogP contribution in [0.4, 0.5) is 0 Å². The predicted octanol–water partition coefficient (Wildman–Crippen LogP) is 4.34. The zero-order valence-electron chi connectivity index (χ0n) is 14.5. The van der Waals surface area contributed by atoms with Gasteiger partial charge in [0.1, 0.15) is 17.2 Å². The molecule has 0 spiro atoms. The molecule has 1 unspecified atom stereocenters. The predicted molar refractivity (Wildman–Crippen MR) is 94.6 cm³/mol. The van der Waals surface area contributed by atoms with Crippen LogP contribution in [0, 0.1) is 0 Å². The summed E-state index contributed by atoms with van der Waals surface area (Å²) in [5, 5.41) is 4.03. The first-order chi connectivity index (χ1) is 12.0. The monoisotopic (exact) mass is 339 g/mol. The molecule has 2 heterocycles. The van der Waals surface area contributed by atoms with E-state index >= 15 is 0 Å². The van der Waals surface area contributed by atoms with E-state index in [1.54, 1.807) is 12.3 Å². The minimum absolute atomic E-state index is 0.111. The third-order valence-electron chi connectivity index (χ3n) is 3.43. The number of benzene rings is 1. The lowest BCUT2D eigenvalue weighted by Gasteiger charge is -2.10. The molecule has 0 bridgehead atoms. The lowest BCUT2D eigenvalue weighted by atomic mass is 10.1. The molecule has 0 radical (unpaired) electrons. The molecular formula is C19H21N3O3. The van der Waals surface area contributed by atoms with Crippen molar-refractivity contribution in [3.05, 3.63) is 54.4 Å². The average molecular weight is 339 g/mol. The van der Waals surface area contributed by atoms with Gasteiger partial charge in [-0.1, -0.05) is 5.16 Å². The van der Waals surface area contributed by atoms with Gasteiger partial charge in [0, 0.05) is 17.7 Å². The number of hydrogen-bond acceptors (Lipinski definition) is 6. The summed E-state index contributed by atoms with van der Waals surface area (Å²) in [6, 6.07) is 12.8. The van der Waals surface area contributed by atoms with E-state index in [4.69, 9.17) is 19.7 Å². The van der Waals surface area contributed by atoms with Crippen molar-refractivity contribution in [3.8, 4) is 28.6 Å². The first kappa shape index (κ1) is 17.0. The molecular weight excluding hydrogens is 318 g/mol. The van der Waals surface area contributed by atoms with E-state index in [1.165, 1.54) is 0 Å². The van der Waals surface area contributed by atoms with Crippen molar-refractivity contribution in [2.75, 3.05) is 0 Å². The van der Waals surface area contributed by atoms with Crippen molar-refractivity contribution in [1.82, 2.24) is 10.1 Å². The normalized spacial score (nSPS) is 12.2. The molecule has 3 aromatic rings. The van der Waals surface area contributed by atoms with E-state index in [1.807, 2.05) is 57.2 Å². The molecule has 0 saturated carbocycles. The Balaban J connectivity index is 1.67. The van der Waals surface area contributed by atoms with Gasteiger partial charge < -0.3 is 19.7 Å². The average Bonchev–Trinajstić information content (AvgIpc) is 3.07. The van der Waals surface area contributed by atoms with E-state index in [-0.39, 0.29) is 12.1 Å². The molecule has 0 aliphatic heterocycles. The van der Waals surface area contributed by atoms with E-state index in [2.05, 4.69) is 10.1 Å². The third kappa shape index (κ3) is 4.36. The van der Waals surface area contributed by atoms with Crippen LogP contribution in [0.3, 0.4) is 0 Å². The summed E-state index contributed by atoms with van der Waals surface area (Å²) in [4.78, 5) is 4.24. The summed E-state index contributed by atoms with van der Waals surface area (Å²) in [6.45, 7) is 5.79. The van der Waals surface area contributed by atoms with Crippen molar-refractivity contribution >= 4 is 0 Å². The zero-order chi connectivity index (χ0) is 17.8. The summed E-state index contributed by atoms with van der Waals surface area (Å²) in [5.41, 5.74) is 7.45. The highest BCUT2D eigenvalue weighted by molar-refractivity contribution is 5.60. The molecule has 2 aromatic heterocycles. The van der Waals surface area contributed by atoms with Crippen LogP contribution >= 0.6 is 0 Å². The van der Waals surface area contributed by atoms with E-state index in [0.717, 1.165) is 11.3 Å². The highest BCUT2D eigenvalue weighted by Gasteiger charge is 2.10. The first-order valence-electron chi connectivity index (χ1n) is 8.14. The summed E-state index contributed by atoms with van der Waals surface area (Å²) >= 11 is 0. The number of ether oxygens (including phenoxy) is 2. The minimum Gasteiger partial charge on any atom is -0.489 e. The Bertz CT molecular complexity index is 809. The van der Waals surface area contributed by atoms with Crippen molar-refractivity contribution < 1.29 is 14.0 Å². The van der Waals surface area contributed by atoms with Crippen LogP contribution in [-0.4, -0.2) is 16.2 Å². The largest absolute Gasteiger partial charge is 0.489 e. The van der Waals surface area contributed by atoms with Gasteiger partial charge in [-0.3, -0.25) is 0 Å². The van der Waals surface area contributed by atoms with Gasteiger partial charge in [-0.05, 0) is 51.1 Å². The highest BCUT2D eigenvalue weighted by atomic mass is 16.5. The molecule has 6 heteroatoms. The van der Waals surface area contributed by atoms with E-state index in [0.29, 0.717) is 23.1 Å². The topological polar surface area (TPSA) is 83.4 Å². The fourth-order valence-electron chi connectivity index (χ4n) is 2.22. The Morgan fingerprint density at radius 3 is 2.28 bits per heavy atom. The Labute approximate surface area is 146 Å². The number of nitrogens with two attached hydrogens (primary N) is 1. The molecule has 6 nitrogen and oxygen atoms in total. The molecule has 25 heavy (non-hydrogen) atoms. The van der Waals surface area contributed by atoms with Gasteiger partial charge >= 0.3 is 0 Å². The number of pyridine rings is 1. The molecule has 2 N–H and O–H groups in total. The first-order valence-corrected chi connectivity index (χ1v) is 8.14. The highest BCUT2D eigenvalue weighted by Crippen LogP contribution is 2.26. The number of hydrogen-bond donors (Lipinski definition) is 1. The molecule has 1 atom stereocenters. The quantitative estimate of drug-likeness (QED) is 0.719. The van der Waals surface area contributed by atoms with Crippen molar-refractivity contribution in [2.45, 2.75) is 32.9 Å². The van der Waals surface area contributed by atoms with Crippen LogP contribution < -0.4 is 15.2 Å². The van der Waals surface area contributed by atoms with Gasteiger partial charge in [0.25, 0.3) is 0 Å². The maximum absolute atomic E-state index is 5.78. The fraction of sp³-hybridized carbons (Fsp3) is 0.263. The van der Waals surface area contributed by atoms with Gasteiger partial charge in [0.15, 0.2) is 5.76 Å². The van der Waals surface area contributed by atoms with Crippen LogP contribution in [0.25, 0.3) is 11.3 Å². The molecule has 0 aliphatic carbocycles. The maximum atomic E-state index is 5.78. The molecule has 3 rings (SSSR count). The third-order valence-corrected chi connectivity index (χ3v) is 3.43. The summed E-state index contributed by atoms with van der Waals surface area (Å²) in [6.07, 6.45) is 1.76. The Hall–Kier alpha value is -2.86. The molecule has 0 aliphatic rings. The second-order valence-electron chi connectivity index (χ2n) is 6.03. The summed E-state index contributed by atoms with van der Waals surface area (Å²) < 4.78 is 16.5. The van der Waals surface area contributed by atoms with Crippen LogP contribution in [0.5, 0.6) is 17.4 Å². The van der Waals surface area contributed by atoms with Crippen LogP contribution in [0.1, 0.15) is 32.6 Å². The standard InChI is InChI=1S/C19H21N3O3/c1-12(2)23-16-8-9-19(21-11-16)24-15-6-4-14(5-7-15)17-10-18(13(3)20)25-22-17/h4-13H,20H2,1-3H3. The van der Waals surface area contributed by atoms with Gasteiger partial charge in [-0.2, -0.15) is 0 Å². The number of nitrogens with zero attached hydrogens (tertiary/aromatic N) is 2. The van der Waals surface area contributed by atoms with Crippen molar-refractivity contribution in [2.24, 2.45) is 5.73 Å². The van der Waals surface area contributed by atoms with Gasteiger partial charge in [0.2, 0.25) is 5.88 Å². The summed E-state index contributed by atoms with van der Waals surface area (Å²) in [7, 11) is 0. The molecule has 0 amide bonds. The van der Waals surface area contributed by atoms with Crippen LogP contribution in [0.15, 0.2) is 53.2 Å². The molecule has 1 aromatic carbocycles. The second kappa shape index (κ2) is 7.36. The van der Waals surface area contributed by atoms with E-state index in [9.17, 15) is 0 Å². The molecule has 0 saturated heterocycles. The fourth-order valence-corrected chi connectivity index (χ4v) is 2.22. The van der Waals surface area contributed by atoms with Crippen LogP contribution in [0.2, 0.25) is 0 Å². The Morgan fingerprint density at radius 1 is 1.00 bits per heavy atom. The molecule has 130 valence electrons. The van der Waals surface area contributed by atoms with Gasteiger partial charge in [-0.25, -0.2) is 4.98 Å². The number of rotatable bonds is 6. The number of aromatic nitrogens is 2. The minimum atomic E-state index is -0.183. The van der Waals surface area contributed by atoms with Crippen LogP contribution in [-0.2, 0) is 0 Å². The SMILES string of the molecule is CC(C)Oc1ccc(Oc2ccc(-c3cc(C(C)N)on3)cc2)nc1. The molecule has 0 fully saturated rings. The van der Waals surface area contributed by atoms with Gasteiger partial charge in [-0.15, -0.1) is 0 Å². The van der Waals surface area contributed by atoms with E-state index < -0.39 is 0 Å². The Morgan fingerprint density at radius 2 is 1.72 bits per heavy atom. The second-order valence-corrected chi connectivity index (χ2v) is 6.03.